The number of imide groups is 2. The van der Waals surface area contributed by atoms with E-state index >= 15 is 0 Å². The molecule has 1 heterocycles. The van der Waals surface area contributed by atoms with Crippen LogP contribution in [0.15, 0.2) is 35.9 Å². The number of benzene rings is 2. The number of carbonyl (C=O) groups excluding carboxylic acids is 3. The lowest BCUT2D eigenvalue weighted by atomic mass is 10.0. The topological polar surface area (TPSA) is 105 Å². The molecule has 4 amide bonds. The van der Waals surface area contributed by atoms with Crippen molar-refractivity contribution in [3.8, 4) is 17.2 Å². The van der Waals surface area contributed by atoms with Crippen LogP contribution in [0.25, 0.3) is 6.08 Å². The van der Waals surface area contributed by atoms with Gasteiger partial charge in [-0.05, 0) is 60.9 Å². The number of phenolic OH excluding ortho intramolecular Hbond substituents is 1. The maximum Gasteiger partial charge on any atom is 0.335 e. The van der Waals surface area contributed by atoms with Crippen LogP contribution in [0.3, 0.4) is 0 Å². The summed E-state index contributed by atoms with van der Waals surface area (Å²) in [6, 6.07) is 7.21. The van der Waals surface area contributed by atoms with E-state index in [0.717, 1.165) is 16.0 Å². The van der Waals surface area contributed by atoms with Gasteiger partial charge in [-0.1, -0.05) is 6.07 Å². The molecule has 0 spiro atoms. The second-order valence-electron chi connectivity index (χ2n) is 6.50. The Morgan fingerprint density at radius 2 is 1.59 bits per heavy atom. The van der Waals surface area contributed by atoms with E-state index in [1.54, 1.807) is 18.2 Å². The van der Waals surface area contributed by atoms with E-state index in [4.69, 9.17) is 9.47 Å². The maximum absolute atomic E-state index is 13.0. The molecular formula is C21H20N2O6. The van der Waals surface area contributed by atoms with Crippen molar-refractivity contribution in [3.05, 3.63) is 52.6 Å². The van der Waals surface area contributed by atoms with Gasteiger partial charge in [-0.15, -0.1) is 0 Å². The monoisotopic (exact) mass is 396 g/mol. The number of aryl methyl sites for hydroxylation is 2. The van der Waals surface area contributed by atoms with Gasteiger partial charge in [-0.2, -0.15) is 0 Å². The Kier molecular flexibility index (Phi) is 5.27. The molecule has 150 valence electrons. The number of phenols is 1. The average Bonchev–Trinajstić information content (AvgIpc) is 2.68. The van der Waals surface area contributed by atoms with E-state index in [1.807, 2.05) is 13.8 Å². The van der Waals surface area contributed by atoms with Crippen molar-refractivity contribution in [1.29, 1.82) is 0 Å². The van der Waals surface area contributed by atoms with Gasteiger partial charge in [0, 0.05) is 0 Å². The highest BCUT2D eigenvalue weighted by atomic mass is 16.5. The van der Waals surface area contributed by atoms with Crippen molar-refractivity contribution in [3.63, 3.8) is 0 Å². The van der Waals surface area contributed by atoms with Gasteiger partial charge < -0.3 is 14.6 Å². The summed E-state index contributed by atoms with van der Waals surface area (Å²) < 4.78 is 10.2. The average molecular weight is 396 g/mol. The Hall–Kier alpha value is -3.81. The number of hydrogen-bond acceptors (Lipinski definition) is 6. The van der Waals surface area contributed by atoms with Crippen LogP contribution in [0.4, 0.5) is 10.5 Å². The number of nitrogens with one attached hydrogen (secondary N) is 1. The highest BCUT2D eigenvalue weighted by Crippen LogP contribution is 2.38. The summed E-state index contributed by atoms with van der Waals surface area (Å²) in [6.07, 6.45) is 1.31. The van der Waals surface area contributed by atoms with Crippen molar-refractivity contribution >= 4 is 29.6 Å². The van der Waals surface area contributed by atoms with Crippen LogP contribution in [0.5, 0.6) is 17.2 Å². The summed E-state index contributed by atoms with van der Waals surface area (Å²) in [6.45, 7) is 3.78. The molecule has 0 aromatic heterocycles. The molecule has 0 aliphatic carbocycles. The lowest BCUT2D eigenvalue weighted by Crippen LogP contribution is -2.54. The van der Waals surface area contributed by atoms with Gasteiger partial charge in [-0.25, -0.2) is 9.69 Å². The summed E-state index contributed by atoms with van der Waals surface area (Å²) in [7, 11) is 2.73. The third-order valence-electron chi connectivity index (χ3n) is 4.66. The van der Waals surface area contributed by atoms with Crippen molar-refractivity contribution in [2.75, 3.05) is 19.1 Å². The van der Waals surface area contributed by atoms with E-state index in [-0.39, 0.29) is 22.8 Å². The van der Waals surface area contributed by atoms with Crippen molar-refractivity contribution in [2.24, 2.45) is 0 Å². The summed E-state index contributed by atoms with van der Waals surface area (Å²) in [5.74, 6) is -1.55. The number of anilines is 1. The van der Waals surface area contributed by atoms with E-state index in [0.29, 0.717) is 11.3 Å². The molecule has 0 unspecified atom stereocenters. The van der Waals surface area contributed by atoms with Crippen LogP contribution < -0.4 is 19.7 Å². The first-order valence-electron chi connectivity index (χ1n) is 8.70. The molecule has 1 saturated heterocycles. The normalized spacial score (nSPS) is 15.5. The number of barbiturate groups is 1. The Morgan fingerprint density at radius 1 is 0.966 bits per heavy atom. The quantitative estimate of drug-likeness (QED) is 0.608. The Morgan fingerprint density at radius 3 is 2.14 bits per heavy atom. The Balaban J connectivity index is 2.07. The van der Waals surface area contributed by atoms with Gasteiger partial charge in [0.25, 0.3) is 11.8 Å². The molecule has 29 heavy (non-hydrogen) atoms. The van der Waals surface area contributed by atoms with Gasteiger partial charge in [0.15, 0.2) is 11.5 Å². The molecule has 1 aliphatic heterocycles. The van der Waals surface area contributed by atoms with Crippen LogP contribution >= 0.6 is 0 Å². The number of amides is 4. The molecule has 0 bridgehead atoms. The van der Waals surface area contributed by atoms with Crippen LogP contribution in [-0.4, -0.2) is 37.2 Å². The number of nitrogens with zero attached hydrogens (tertiary/aromatic N) is 1. The zero-order chi connectivity index (χ0) is 21.3. The van der Waals surface area contributed by atoms with Gasteiger partial charge in [0.2, 0.25) is 5.75 Å². The molecule has 0 saturated carbocycles. The van der Waals surface area contributed by atoms with Gasteiger partial charge in [0.1, 0.15) is 5.57 Å². The molecule has 2 aromatic rings. The number of rotatable bonds is 4. The zero-order valence-corrected chi connectivity index (χ0v) is 16.4. The minimum Gasteiger partial charge on any atom is -0.502 e. The van der Waals surface area contributed by atoms with E-state index in [9.17, 15) is 19.5 Å². The van der Waals surface area contributed by atoms with E-state index in [1.165, 1.54) is 32.4 Å². The summed E-state index contributed by atoms with van der Waals surface area (Å²) in [5, 5.41) is 12.2. The number of aromatic hydroxyl groups is 1. The fraction of sp³-hybridized carbons (Fsp3) is 0.190. The molecular weight excluding hydrogens is 376 g/mol. The van der Waals surface area contributed by atoms with Gasteiger partial charge in [0.05, 0.1) is 19.9 Å². The predicted octanol–water partition coefficient (Wildman–Crippen LogP) is 2.69. The predicted molar refractivity (Wildman–Crippen MR) is 106 cm³/mol. The lowest BCUT2D eigenvalue weighted by Gasteiger charge is -2.27. The number of urea groups is 1. The maximum atomic E-state index is 13.0. The highest BCUT2D eigenvalue weighted by Gasteiger charge is 2.37. The van der Waals surface area contributed by atoms with Crippen LogP contribution in [0.2, 0.25) is 0 Å². The van der Waals surface area contributed by atoms with Crippen LogP contribution in [0, 0.1) is 13.8 Å². The first-order valence-corrected chi connectivity index (χ1v) is 8.70. The molecule has 8 heteroatoms. The molecule has 2 aromatic carbocycles. The van der Waals surface area contributed by atoms with Crippen LogP contribution in [0.1, 0.15) is 16.7 Å². The Labute approximate surface area is 167 Å². The molecule has 2 N–H and O–H groups in total. The molecule has 1 fully saturated rings. The summed E-state index contributed by atoms with van der Waals surface area (Å²) >= 11 is 0. The smallest absolute Gasteiger partial charge is 0.335 e. The van der Waals surface area contributed by atoms with Gasteiger partial charge in [-0.3, -0.25) is 14.9 Å². The first kappa shape index (κ1) is 19.9. The molecule has 1 aliphatic rings. The standard InChI is InChI=1S/C21H20N2O6/c1-11-5-6-14(7-12(11)2)23-20(26)15(19(25)22-21(23)27)8-13-9-16(28-3)18(24)17(10-13)29-4/h5-10,24H,1-4H3,(H,22,25,27)/b15-8+. The van der Waals surface area contributed by atoms with Crippen molar-refractivity contribution in [1.82, 2.24) is 5.32 Å². The fourth-order valence-electron chi connectivity index (χ4n) is 2.92. The summed E-state index contributed by atoms with van der Waals surface area (Å²) in [4.78, 5) is 38.6. The number of ether oxygens (including phenoxy) is 2. The second kappa shape index (κ2) is 7.67. The molecule has 8 nitrogen and oxygen atoms in total. The van der Waals surface area contributed by atoms with Crippen molar-refractivity contribution in [2.45, 2.75) is 13.8 Å². The second-order valence-corrected chi connectivity index (χ2v) is 6.50. The number of carbonyl (C=O) groups is 3. The molecule has 0 radical (unpaired) electrons. The minimum absolute atomic E-state index is 0.113. The third-order valence-corrected chi connectivity index (χ3v) is 4.66. The Bertz CT molecular complexity index is 1030. The summed E-state index contributed by atoms with van der Waals surface area (Å²) in [5.41, 5.74) is 2.41. The van der Waals surface area contributed by atoms with E-state index in [2.05, 4.69) is 5.32 Å². The third kappa shape index (κ3) is 3.64. The first-order chi connectivity index (χ1) is 13.8. The lowest BCUT2D eigenvalue weighted by molar-refractivity contribution is -0.122. The zero-order valence-electron chi connectivity index (χ0n) is 16.4. The highest BCUT2D eigenvalue weighted by molar-refractivity contribution is 6.39. The van der Waals surface area contributed by atoms with E-state index < -0.39 is 17.8 Å². The number of methoxy groups -OCH3 is 2. The SMILES string of the molecule is COc1cc(/C=C2\C(=O)NC(=O)N(c3ccc(C)c(C)c3)C2=O)cc(OC)c1O. The molecule has 0 atom stereocenters. The minimum atomic E-state index is -0.818. The van der Waals surface area contributed by atoms with Crippen LogP contribution in [-0.2, 0) is 9.59 Å². The fourth-order valence-corrected chi connectivity index (χ4v) is 2.92. The van der Waals surface area contributed by atoms with Crippen molar-refractivity contribution < 1.29 is 29.0 Å². The molecule has 3 rings (SSSR count). The largest absolute Gasteiger partial charge is 0.502 e. The van der Waals surface area contributed by atoms with Gasteiger partial charge >= 0.3 is 6.03 Å². The number of hydrogen-bond donors (Lipinski definition) is 2.